The van der Waals surface area contributed by atoms with Gasteiger partial charge in [0.2, 0.25) is 0 Å². The van der Waals surface area contributed by atoms with Crippen LogP contribution in [0.3, 0.4) is 0 Å². The zero-order valence-electron chi connectivity index (χ0n) is 13.3. The molecule has 0 fully saturated rings. The molecule has 0 atom stereocenters. The summed E-state index contributed by atoms with van der Waals surface area (Å²) in [5.41, 5.74) is 0.554. The van der Waals surface area contributed by atoms with E-state index in [1.54, 1.807) is 18.2 Å². The van der Waals surface area contributed by atoms with Crippen LogP contribution in [0.4, 0.5) is 4.39 Å². The molecule has 0 amide bonds. The number of likely N-dealkylation sites (N-methyl/N-ethyl adjacent to an activating group) is 1. The average Bonchev–Trinajstić information content (AvgIpc) is 2.57. The third kappa shape index (κ3) is 3.97. The van der Waals surface area contributed by atoms with Gasteiger partial charge in [-0.15, -0.1) is 0 Å². The van der Waals surface area contributed by atoms with E-state index in [0.29, 0.717) is 42.2 Å². The summed E-state index contributed by atoms with van der Waals surface area (Å²) in [4.78, 5) is 21.3. The first-order chi connectivity index (χ1) is 11.6. The second-order valence-electron chi connectivity index (χ2n) is 5.57. The molecule has 0 unspecified atom stereocenters. The Morgan fingerprint density at radius 3 is 2.71 bits per heavy atom. The van der Waals surface area contributed by atoms with Gasteiger partial charge < -0.3 is 9.72 Å². The summed E-state index contributed by atoms with van der Waals surface area (Å²) in [5.74, 6) is 0.954. The maximum absolute atomic E-state index is 12.8. The number of ether oxygens (including phenoxy) is 1. The second-order valence-corrected chi connectivity index (χ2v) is 5.57. The Morgan fingerprint density at radius 2 is 1.92 bits per heavy atom. The van der Waals surface area contributed by atoms with Crippen molar-refractivity contribution < 1.29 is 9.13 Å². The summed E-state index contributed by atoms with van der Waals surface area (Å²) in [6.45, 7) is 1.61. The molecule has 3 rings (SSSR count). The van der Waals surface area contributed by atoms with Gasteiger partial charge in [-0.1, -0.05) is 12.1 Å². The summed E-state index contributed by atoms with van der Waals surface area (Å²) in [5, 5.41) is 0.587. The molecule has 0 bridgehead atoms. The van der Waals surface area contributed by atoms with Gasteiger partial charge in [0.15, 0.2) is 0 Å². The third-order valence-electron chi connectivity index (χ3n) is 3.64. The topological polar surface area (TPSA) is 58.2 Å². The minimum Gasteiger partial charge on any atom is -0.492 e. The number of fused-ring (bicyclic) bond motifs is 1. The molecular formula is C18H18FN3O2. The average molecular weight is 327 g/mol. The quantitative estimate of drug-likeness (QED) is 0.756. The number of hydrogen-bond acceptors (Lipinski definition) is 4. The summed E-state index contributed by atoms with van der Waals surface area (Å²) < 4.78 is 18.4. The fourth-order valence-electron chi connectivity index (χ4n) is 2.39. The van der Waals surface area contributed by atoms with Crippen molar-refractivity contribution in [3.63, 3.8) is 0 Å². The number of para-hydroxylation sites is 1. The highest BCUT2D eigenvalue weighted by Gasteiger charge is 2.06. The monoisotopic (exact) mass is 327 g/mol. The SMILES string of the molecule is CN(CCOc1ccc(F)cc1)Cc1nc2ccccc2c(=O)[nH]1. The first-order valence-corrected chi connectivity index (χ1v) is 7.67. The predicted molar refractivity (Wildman–Crippen MR) is 90.6 cm³/mol. The zero-order valence-corrected chi connectivity index (χ0v) is 13.3. The van der Waals surface area contributed by atoms with E-state index in [2.05, 4.69) is 9.97 Å². The van der Waals surface area contributed by atoms with E-state index >= 15 is 0 Å². The molecule has 1 N–H and O–H groups in total. The summed E-state index contributed by atoms with van der Waals surface area (Å²) >= 11 is 0. The van der Waals surface area contributed by atoms with Gasteiger partial charge in [-0.3, -0.25) is 9.69 Å². The van der Waals surface area contributed by atoms with Gasteiger partial charge in [0.05, 0.1) is 17.4 Å². The van der Waals surface area contributed by atoms with Crippen LogP contribution in [0, 0.1) is 5.82 Å². The number of nitrogens with zero attached hydrogens (tertiary/aromatic N) is 2. The van der Waals surface area contributed by atoms with E-state index in [-0.39, 0.29) is 11.4 Å². The molecule has 0 aliphatic heterocycles. The maximum atomic E-state index is 12.8. The van der Waals surface area contributed by atoms with Crippen molar-refractivity contribution in [1.29, 1.82) is 0 Å². The number of rotatable bonds is 6. The van der Waals surface area contributed by atoms with Crippen LogP contribution in [0.2, 0.25) is 0 Å². The lowest BCUT2D eigenvalue weighted by Crippen LogP contribution is -2.26. The van der Waals surface area contributed by atoms with Crippen molar-refractivity contribution in [2.24, 2.45) is 0 Å². The normalized spacial score (nSPS) is 11.1. The van der Waals surface area contributed by atoms with Crippen molar-refractivity contribution in [2.45, 2.75) is 6.54 Å². The molecule has 0 radical (unpaired) electrons. The Labute approximate surface area is 138 Å². The Hall–Kier alpha value is -2.73. The Kier molecular flexibility index (Phi) is 4.86. The molecule has 1 aromatic heterocycles. The highest BCUT2D eigenvalue weighted by Crippen LogP contribution is 2.11. The minimum atomic E-state index is -0.286. The van der Waals surface area contributed by atoms with Crippen LogP contribution in [-0.4, -0.2) is 35.1 Å². The Morgan fingerprint density at radius 1 is 1.17 bits per heavy atom. The second kappa shape index (κ2) is 7.23. The van der Waals surface area contributed by atoms with Crippen molar-refractivity contribution in [3.8, 4) is 5.75 Å². The molecule has 0 aliphatic carbocycles. The fourth-order valence-corrected chi connectivity index (χ4v) is 2.39. The smallest absolute Gasteiger partial charge is 0.258 e. The molecule has 124 valence electrons. The predicted octanol–water partition coefficient (Wildman–Crippen LogP) is 2.57. The van der Waals surface area contributed by atoms with E-state index in [1.807, 2.05) is 30.1 Å². The van der Waals surface area contributed by atoms with E-state index in [1.165, 1.54) is 12.1 Å². The summed E-state index contributed by atoms with van der Waals surface area (Å²) in [6, 6.07) is 13.2. The van der Waals surface area contributed by atoms with Gasteiger partial charge in [-0.2, -0.15) is 0 Å². The first-order valence-electron chi connectivity index (χ1n) is 7.67. The van der Waals surface area contributed by atoms with Crippen LogP contribution in [0.5, 0.6) is 5.75 Å². The van der Waals surface area contributed by atoms with Gasteiger partial charge in [-0.05, 0) is 43.4 Å². The van der Waals surface area contributed by atoms with Gasteiger partial charge in [0.1, 0.15) is 24.0 Å². The molecule has 0 saturated carbocycles. The van der Waals surface area contributed by atoms with Crippen LogP contribution >= 0.6 is 0 Å². The van der Waals surface area contributed by atoms with Crippen LogP contribution in [-0.2, 0) is 6.54 Å². The molecule has 0 aliphatic rings. The van der Waals surface area contributed by atoms with E-state index in [0.717, 1.165) is 0 Å². The van der Waals surface area contributed by atoms with Crippen LogP contribution < -0.4 is 10.3 Å². The number of halogens is 1. The highest BCUT2D eigenvalue weighted by molar-refractivity contribution is 5.77. The summed E-state index contributed by atoms with van der Waals surface area (Å²) in [6.07, 6.45) is 0. The van der Waals surface area contributed by atoms with Gasteiger partial charge in [0.25, 0.3) is 5.56 Å². The van der Waals surface area contributed by atoms with Crippen LogP contribution in [0.15, 0.2) is 53.3 Å². The lowest BCUT2D eigenvalue weighted by atomic mass is 10.2. The third-order valence-corrected chi connectivity index (χ3v) is 3.64. The molecular weight excluding hydrogens is 309 g/mol. The van der Waals surface area contributed by atoms with E-state index < -0.39 is 0 Å². The first kappa shape index (κ1) is 16.1. The zero-order chi connectivity index (χ0) is 16.9. The van der Waals surface area contributed by atoms with Crippen LogP contribution in [0.1, 0.15) is 5.82 Å². The van der Waals surface area contributed by atoms with Crippen molar-refractivity contribution in [2.75, 3.05) is 20.2 Å². The highest BCUT2D eigenvalue weighted by atomic mass is 19.1. The van der Waals surface area contributed by atoms with Crippen molar-refractivity contribution in [1.82, 2.24) is 14.9 Å². The molecule has 0 saturated heterocycles. The number of H-pyrrole nitrogens is 1. The van der Waals surface area contributed by atoms with E-state index in [4.69, 9.17) is 4.74 Å². The number of benzene rings is 2. The Bertz CT molecular complexity index is 877. The fraction of sp³-hybridized carbons (Fsp3) is 0.222. The van der Waals surface area contributed by atoms with Gasteiger partial charge >= 0.3 is 0 Å². The Balaban J connectivity index is 1.57. The molecule has 5 nitrogen and oxygen atoms in total. The van der Waals surface area contributed by atoms with Gasteiger partial charge in [-0.25, -0.2) is 9.37 Å². The summed E-state index contributed by atoms with van der Waals surface area (Å²) in [7, 11) is 1.92. The lowest BCUT2D eigenvalue weighted by Gasteiger charge is -2.16. The van der Waals surface area contributed by atoms with Crippen molar-refractivity contribution >= 4 is 10.9 Å². The molecule has 24 heavy (non-hydrogen) atoms. The minimum absolute atomic E-state index is 0.133. The number of nitrogens with one attached hydrogen (secondary N) is 1. The standard InChI is InChI=1S/C18H18FN3O2/c1-22(10-11-24-14-8-6-13(19)7-9-14)12-17-20-16-5-3-2-4-15(16)18(23)21-17/h2-9H,10-12H2,1H3,(H,20,21,23). The molecule has 1 heterocycles. The molecule has 3 aromatic rings. The largest absolute Gasteiger partial charge is 0.492 e. The molecule has 0 spiro atoms. The number of aromatic nitrogens is 2. The maximum Gasteiger partial charge on any atom is 0.258 e. The molecule has 2 aromatic carbocycles. The number of aromatic amines is 1. The number of hydrogen-bond donors (Lipinski definition) is 1. The van der Waals surface area contributed by atoms with Crippen LogP contribution in [0.25, 0.3) is 10.9 Å². The van der Waals surface area contributed by atoms with Crippen molar-refractivity contribution in [3.05, 3.63) is 70.5 Å². The molecule has 6 heteroatoms. The lowest BCUT2D eigenvalue weighted by molar-refractivity contribution is 0.229. The van der Waals surface area contributed by atoms with E-state index in [9.17, 15) is 9.18 Å². The van der Waals surface area contributed by atoms with Gasteiger partial charge in [0, 0.05) is 6.54 Å².